The van der Waals surface area contributed by atoms with E-state index in [2.05, 4.69) is 12.3 Å². The third-order valence-electron chi connectivity index (χ3n) is 6.50. The van der Waals surface area contributed by atoms with Crippen molar-refractivity contribution in [1.82, 2.24) is 10.4 Å². The van der Waals surface area contributed by atoms with Gasteiger partial charge >= 0.3 is 6.18 Å². The summed E-state index contributed by atoms with van der Waals surface area (Å²) in [6.45, 7) is 5.93. The first-order valence-electron chi connectivity index (χ1n) is 12.4. The Bertz CT molecular complexity index is 953. The van der Waals surface area contributed by atoms with E-state index in [1.807, 2.05) is 0 Å². The van der Waals surface area contributed by atoms with E-state index in [1.54, 1.807) is 44.2 Å². The SMILES string of the molecule is CCCCCCCCCCOc1cccc2cccc([C@H](N3CC(C)(C)C(=O)N3)C(F)(F)F)c12. The normalized spacial score (nSPS) is 17.2. The number of rotatable bonds is 12. The highest BCUT2D eigenvalue weighted by Crippen LogP contribution is 2.44. The molecule has 0 aliphatic carbocycles. The number of halogens is 3. The van der Waals surface area contributed by atoms with Gasteiger partial charge in [-0.25, -0.2) is 5.01 Å². The lowest BCUT2D eigenvalue weighted by molar-refractivity contribution is -0.191. The van der Waals surface area contributed by atoms with Gasteiger partial charge < -0.3 is 4.74 Å². The van der Waals surface area contributed by atoms with Crippen molar-refractivity contribution in [3.05, 3.63) is 42.0 Å². The van der Waals surface area contributed by atoms with Gasteiger partial charge in [0.15, 0.2) is 6.04 Å². The van der Waals surface area contributed by atoms with Gasteiger partial charge in [-0.3, -0.25) is 10.2 Å². The molecule has 1 N–H and O–H groups in total. The van der Waals surface area contributed by atoms with E-state index >= 15 is 0 Å². The minimum Gasteiger partial charge on any atom is -0.493 e. The summed E-state index contributed by atoms with van der Waals surface area (Å²) in [7, 11) is 0. The van der Waals surface area contributed by atoms with Crippen molar-refractivity contribution >= 4 is 16.7 Å². The van der Waals surface area contributed by atoms with Gasteiger partial charge in [0.2, 0.25) is 5.91 Å². The van der Waals surface area contributed by atoms with Crippen LogP contribution in [0.15, 0.2) is 36.4 Å². The lowest BCUT2D eigenvalue weighted by Crippen LogP contribution is -2.43. The van der Waals surface area contributed by atoms with Crippen LogP contribution in [0.1, 0.15) is 83.7 Å². The van der Waals surface area contributed by atoms with Crippen LogP contribution < -0.4 is 10.2 Å². The average molecular weight is 479 g/mol. The van der Waals surface area contributed by atoms with Crippen LogP contribution in [0, 0.1) is 5.41 Å². The Morgan fingerprint density at radius 2 is 1.62 bits per heavy atom. The third-order valence-corrected chi connectivity index (χ3v) is 6.50. The van der Waals surface area contributed by atoms with Gasteiger partial charge in [0.1, 0.15) is 5.75 Å². The molecule has 2 aromatic rings. The number of amides is 1. The van der Waals surface area contributed by atoms with Gasteiger partial charge in [-0.15, -0.1) is 0 Å². The number of hydrazine groups is 1. The predicted molar refractivity (Wildman–Crippen MR) is 129 cm³/mol. The van der Waals surface area contributed by atoms with Crippen molar-refractivity contribution in [3.63, 3.8) is 0 Å². The Kier molecular flexibility index (Phi) is 8.85. The Labute approximate surface area is 200 Å². The molecule has 0 saturated carbocycles. The summed E-state index contributed by atoms with van der Waals surface area (Å²) in [5.41, 5.74) is 1.64. The van der Waals surface area contributed by atoms with Crippen LogP contribution >= 0.6 is 0 Å². The number of hydrogen-bond acceptors (Lipinski definition) is 3. The smallest absolute Gasteiger partial charge is 0.409 e. The second kappa shape index (κ2) is 11.4. The van der Waals surface area contributed by atoms with Crippen LogP contribution in [-0.2, 0) is 4.79 Å². The Morgan fingerprint density at radius 1 is 1.00 bits per heavy atom. The third kappa shape index (κ3) is 6.44. The Balaban J connectivity index is 1.77. The van der Waals surface area contributed by atoms with Crippen molar-refractivity contribution in [2.45, 2.75) is 84.4 Å². The Morgan fingerprint density at radius 3 is 2.21 bits per heavy atom. The van der Waals surface area contributed by atoms with Crippen molar-refractivity contribution in [2.75, 3.05) is 13.2 Å². The number of hydrogen-bond donors (Lipinski definition) is 1. The molecule has 1 aliphatic rings. The lowest BCUT2D eigenvalue weighted by Gasteiger charge is -2.31. The van der Waals surface area contributed by atoms with Gasteiger partial charge in [0, 0.05) is 11.9 Å². The van der Waals surface area contributed by atoms with Gasteiger partial charge in [-0.2, -0.15) is 13.2 Å². The van der Waals surface area contributed by atoms with E-state index < -0.39 is 23.5 Å². The van der Waals surface area contributed by atoms with E-state index in [0.29, 0.717) is 23.1 Å². The fourth-order valence-electron chi connectivity index (χ4n) is 4.60. The molecule has 0 bridgehead atoms. The minimum atomic E-state index is -4.58. The first-order valence-corrected chi connectivity index (χ1v) is 12.4. The van der Waals surface area contributed by atoms with E-state index in [-0.39, 0.29) is 12.1 Å². The van der Waals surface area contributed by atoms with Crippen LogP contribution in [0.5, 0.6) is 5.75 Å². The number of benzene rings is 2. The topological polar surface area (TPSA) is 41.6 Å². The number of fused-ring (bicyclic) bond motifs is 1. The lowest BCUT2D eigenvalue weighted by atomic mass is 9.93. The molecule has 188 valence electrons. The van der Waals surface area contributed by atoms with Crippen LogP contribution in [-0.4, -0.2) is 30.2 Å². The number of ether oxygens (including phenoxy) is 1. The highest BCUT2D eigenvalue weighted by molar-refractivity contribution is 5.92. The molecular weight excluding hydrogens is 441 g/mol. The summed E-state index contributed by atoms with van der Waals surface area (Å²) in [5.74, 6) is 0.0447. The minimum absolute atomic E-state index is 0.0340. The molecule has 0 radical (unpaired) electrons. The van der Waals surface area contributed by atoms with Gasteiger partial charge in [0.25, 0.3) is 0 Å². The number of carbonyl (C=O) groups is 1. The summed E-state index contributed by atoms with van der Waals surface area (Å²) in [5, 5.41) is 2.16. The molecule has 1 heterocycles. The van der Waals surface area contributed by atoms with Gasteiger partial charge in [-0.1, -0.05) is 82.2 Å². The zero-order chi connectivity index (χ0) is 24.8. The largest absolute Gasteiger partial charge is 0.493 e. The second-order valence-electron chi connectivity index (χ2n) is 9.92. The van der Waals surface area contributed by atoms with E-state index in [9.17, 15) is 18.0 Å². The van der Waals surface area contributed by atoms with E-state index in [1.165, 1.54) is 38.2 Å². The zero-order valence-electron chi connectivity index (χ0n) is 20.5. The maximum atomic E-state index is 14.4. The number of carbonyl (C=O) groups excluding carboxylic acids is 1. The summed E-state index contributed by atoms with van der Waals surface area (Å²) >= 11 is 0. The number of unbranched alkanes of at least 4 members (excludes halogenated alkanes) is 7. The Hall–Kier alpha value is -2.28. The second-order valence-corrected chi connectivity index (χ2v) is 9.92. The summed E-state index contributed by atoms with van der Waals surface area (Å²) in [6.07, 6.45) is 4.74. The molecule has 1 fully saturated rings. The summed E-state index contributed by atoms with van der Waals surface area (Å²) in [4.78, 5) is 12.3. The maximum absolute atomic E-state index is 14.4. The molecule has 4 nitrogen and oxygen atoms in total. The van der Waals surface area contributed by atoms with Crippen molar-refractivity contribution in [1.29, 1.82) is 0 Å². The molecule has 1 saturated heterocycles. The predicted octanol–water partition coefficient (Wildman–Crippen LogP) is 7.34. The molecule has 0 spiro atoms. The molecule has 0 aromatic heterocycles. The van der Waals surface area contributed by atoms with Crippen LogP contribution in [0.4, 0.5) is 13.2 Å². The van der Waals surface area contributed by atoms with Crippen LogP contribution in [0.2, 0.25) is 0 Å². The molecule has 34 heavy (non-hydrogen) atoms. The molecular formula is C27H37F3N2O2. The molecule has 7 heteroatoms. The van der Waals surface area contributed by atoms with Crippen molar-refractivity contribution in [3.8, 4) is 5.75 Å². The van der Waals surface area contributed by atoms with E-state index in [0.717, 1.165) is 24.3 Å². The molecule has 3 rings (SSSR count). The molecule has 1 aliphatic heterocycles. The fourth-order valence-corrected chi connectivity index (χ4v) is 4.60. The molecule has 2 aromatic carbocycles. The first kappa shape index (κ1) is 26.3. The zero-order valence-corrected chi connectivity index (χ0v) is 20.5. The monoisotopic (exact) mass is 478 g/mol. The fraction of sp³-hybridized carbons (Fsp3) is 0.593. The number of nitrogens with one attached hydrogen (secondary N) is 1. The van der Waals surface area contributed by atoms with Gasteiger partial charge in [0.05, 0.1) is 12.0 Å². The van der Waals surface area contributed by atoms with Crippen LogP contribution in [0.25, 0.3) is 10.8 Å². The maximum Gasteiger partial charge on any atom is 0.409 e. The summed E-state index contributed by atoms with van der Waals surface area (Å²) in [6, 6.07) is 8.27. The van der Waals surface area contributed by atoms with Crippen molar-refractivity contribution in [2.24, 2.45) is 5.41 Å². The quantitative estimate of drug-likeness (QED) is 0.325. The highest BCUT2D eigenvalue weighted by Gasteiger charge is 2.51. The highest BCUT2D eigenvalue weighted by atomic mass is 19.4. The number of alkyl halides is 3. The molecule has 1 atom stereocenters. The number of nitrogens with zero attached hydrogens (tertiary/aromatic N) is 1. The van der Waals surface area contributed by atoms with Gasteiger partial charge in [-0.05, 0) is 37.3 Å². The van der Waals surface area contributed by atoms with E-state index in [4.69, 9.17) is 4.74 Å². The standard InChI is InChI=1S/C27H37F3N2O2/c1-4-5-6-7-8-9-10-11-18-34-22-17-13-15-20-14-12-16-21(23(20)22)24(27(28,29)30)32-19-26(2,3)25(33)31-32/h12-17,24H,4-11,18-19H2,1-3H3,(H,31,33)/t24-/m0/s1. The molecule has 1 amide bonds. The summed E-state index contributed by atoms with van der Waals surface area (Å²) < 4.78 is 49.1. The average Bonchev–Trinajstić information content (AvgIpc) is 3.03. The first-order chi connectivity index (χ1) is 16.1. The molecule has 0 unspecified atom stereocenters. The van der Waals surface area contributed by atoms with Crippen molar-refractivity contribution < 1.29 is 22.7 Å². The van der Waals surface area contributed by atoms with Crippen LogP contribution in [0.3, 0.4) is 0 Å².